The lowest BCUT2D eigenvalue weighted by Crippen LogP contribution is -2.74. The Hall–Kier alpha value is -9.04. The molecule has 0 aliphatic rings. The van der Waals surface area contributed by atoms with Crippen molar-refractivity contribution in [1.29, 1.82) is 0 Å². The van der Waals surface area contributed by atoms with Gasteiger partial charge in [0.2, 0.25) is 11.6 Å². The molecule has 0 atom stereocenters. The smallest absolute Gasteiger partial charge is 0.220 e. The predicted molar refractivity (Wildman–Crippen MR) is 289 cm³/mol. The van der Waals surface area contributed by atoms with Crippen LogP contribution in [0.1, 0.15) is 0 Å². The van der Waals surface area contributed by atoms with Crippen molar-refractivity contribution in [3.05, 3.63) is 243 Å². The van der Waals surface area contributed by atoms with E-state index in [1.165, 1.54) is 36.9 Å². The molecule has 15 rings (SSSR count). The van der Waals surface area contributed by atoms with Gasteiger partial charge in [0.15, 0.2) is 8.07 Å². The summed E-state index contributed by atoms with van der Waals surface area (Å²) in [6.45, 7) is 0. The fraction of sp³-hybridized carbons (Fsp3) is 0. The van der Waals surface area contributed by atoms with Crippen LogP contribution in [0.5, 0.6) is 0 Å². The van der Waals surface area contributed by atoms with Crippen LogP contribution in [0.15, 0.2) is 243 Å². The van der Waals surface area contributed by atoms with Crippen molar-refractivity contribution in [2.45, 2.75) is 0 Å². The molecule has 0 radical (unpaired) electrons. The van der Waals surface area contributed by atoms with Gasteiger partial charge in [-0.05, 0) is 90.8 Å². The first-order chi connectivity index (χ1) is 34.3. The first-order valence-corrected chi connectivity index (χ1v) is 25.6. The van der Waals surface area contributed by atoms with Crippen LogP contribution in [0.2, 0.25) is 0 Å². The summed E-state index contributed by atoms with van der Waals surface area (Å²) in [6.07, 6.45) is 0. The molecule has 0 amide bonds. The van der Waals surface area contributed by atoms with Crippen molar-refractivity contribution >= 4 is 122 Å². The number of fused-ring (bicyclic) bond motifs is 17. The number of hydrogen-bond acceptors (Lipinski definition) is 2. The quantitative estimate of drug-likeness (QED) is 0.128. The Morgan fingerprint density at radius 3 is 1.42 bits per heavy atom. The van der Waals surface area contributed by atoms with Crippen molar-refractivity contribution in [3.8, 4) is 5.69 Å². The zero-order valence-electron chi connectivity index (χ0n) is 37.3. The molecule has 6 nitrogen and oxygen atoms in total. The second kappa shape index (κ2) is 14.5. The molecular formula is C62H40N6Si. The van der Waals surface area contributed by atoms with Crippen LogP contribution in [0.25, 0.3) is 99.2 Å². The van der Waals surface area contributed by atoms with E-state index in [-0.39, 0.29) is 0 Å². The number of nitrogens with zero attached hydrogens (tertiary/aromatic N) is 6. The summed E-state index contributed by atoms with van der Waals surface area (Å²) in [4.78, 5) is 11.4. The van der Waals surface area contributed by atoms with Crippen molar-refractivity contribution in [3.63, 3.8) is 0 Å². The maximum absolute atomic E-state index is 6.01. The summed E-state index contributed by atoms with van der Waals surface area (Å²) in [5, 5.41) is 12.1. The highest BCUT2D eigenvalue weighted by Gasteiger charge is 2.43. The second-order valence-corrected chi connectivity index (χ2v) is 21.9. The number of benzene rings is 10. The average molecular weight is 897 g/mol. The summed E-state index contributed by atoms with van der Waals surface area (Å²) in [6, 6.07) is 89.0. The van der Waals surface area contributed by atoms with Gasteiger partial charge in [0, 0.05) is 10.8 Å². The van der Waals surface area contributed by atoms with Crippen LogP contribution in [0.3, 0.4) is 0 Å². The molecular weight excluding hydrogens is 857 g/mol. The minimum absolute atomic E-state index is 0.862. The van der Waals surface area contributed by atoms with E-state index in [1.807, 2.05) is 0 Å². The lowest BCUT2D eigenvalue weighted by Gasteiger charge is -2.34. The van der Waals surface area contributed by atoms with Crippen LogP contribution < -0.4 is 20.7 Å². The molecule has 0 unspecified atom stereocenters. The van der Waals surface area contributed by atoms with E-state index in [0.29, 0.717) is 0 Å². The number of hydrogen-bond donors (Lipinski definition) is 0. The molecule has 7 heteroatoms. The number of rotatable bonds is 5. The molecule has 0 spiro atoms. The Morgan fingerprint density at radius 1 is 0.304 bits per heavy atom. The Kier molecular flexibility index (Phi) is 7.99. The Labute approximate surface area is 396 Å². The molecule has 0 saturated carbocycles. The molecule has 0 fully saturated rings. The summed E-state index contributed by atoms with van der Waals surface area (Å²) in [5.74, 6) is 1.73. The normalized spacial score (nSPS) is 12.3. The number of aromatic nitrogens is 6. The zero-order valence-corrected chi connectivity index (χ0v) is 38.3. The number of para-hydroxylation sites is 6. The van der Waals surface area contributed by atoms with Gasteiger partial charge in [-0.1, -0.05) is 194 Å². The van der Waals surface area contributed by atoms with Crippen molar-refractivity contribution in [2.24, 2.45) is 0 Å². The molecule has 15 aromatic rings. The number of imidazole rings is 4. The third-order valence-electron chi connectivity index (χ3n) is 14.7. The fourth-order valence-electron chi connectivity index (χ4n) is 11.9. The van der Waals surface area contributed by atoms with Crippen molar-refractivity contribution in [1.82, 2.24) is 27.7 Å². The maximum atomic E-state index is 6.01. The molecule has 0 aliphatic carbocycles. The molecule has 322 valence electrons. The van der Waals surface area contributed by atoms with Gasteiger partial charge in [-0.2, -0.15) is 0 Å². The monoisotopic (exact) mass is 896 g/mol. The lowest BCUT2D eigenvalue weighted by molar-refractivity contribution is 1.11. The first-order valence-electron chi connectivity index (χ1n) is 23.6. The summed E-state index contributed by atoms with van der Waals surface area (Å²) >= 11 is 0. The van der Waals surface area contributed by atoms with E-state index in [4.69, 9.17) is 9.97 Å². The molecule has 10 aromatic carbocycles. The Morgan fingerprint density at radius 2 is 0.783 bits per heavy atom. The van der Waals surface area contributed by atoms with Gasteiger partial charge < -0.3 is 0 Å². The van der Waals surface area contributed by atoms with E-state index in [0.717, 1.165) is 83.1 Å². The van der Waals surface area contributed by atoms with E-state index in [9.17, 15) is 0 Å². The largest absolute Gasteiger partial charge is 0.278 e. The van der Waals surface area contributed by atoms with E-state index >= 15 is 0 Å². The van der Waals surface area contributed by atoms with Gasteiger partial charge in [-0.3, -0.25) is 17.8 Å². The molecule has 0 saturated heterocycles. The van der Waals surface area contributed by atoms with E-state index in [2.05, 4.69) is 260 Å². The second-order valence-electron chi connectivity index (χ2n) is 18.1. The highest BCUT2D eigenvalue weighted by atomic mass is 28.3. The predicted octanol–water partition coefficient (Wildman–Crippen LogP) is 12.0. The Balaban J connectivity index is 1.20. The van der Waals surface area contributed by atoms with Gasteiger partial charge in [0.1, 0.15) is 0 Å². The zero-order chi connectivity index (χ0) is 45.2. The van der Waals surface area contributed by atoms with Crippen LogP contribution >= 0.6 is 0 Å². The van der Waals surface area contributed by atoms with E-state index in [1.54, 1.807) is 0 Å². The first kappa shape index (κ1) is 38.1. The third-order valence-corrected chi connectivity index (χ3v) is 19.5. The molecule has 0 bridgehead atoms. The SMILES string of the molecule is c1ccc([Si](c2ccccc2)(c2ccccc2)c2cccc3c2nc2n3c3cc(-n4c5ccccc5n5c6ccccc6nc45)cc4c5ccccc5c5ccccc5c5ccccc5n2c43)cc1. The Bertz CT molecular complexity index is 4510. The van der Waals surface area contributed by atoms with Crippen LogP contribution in [0, 0.1) is 0 Å². The maximum Gasteiger partial charge on any atom is 0.220 e. The minimum atomic E-state index is -3.02. The van der Waals surface area contributed by atoms with Gasteiger partial charge >= 0.3 is 0 Å². The van der Waals surface area contributed by atoms with Crippen molar-refractivity contribution < 1.29 is 0 Å². The highest BCUT2D eigenvalue weighted by molar-refractivity contribution is 7.20. The van der Waals surface area contributed by atoms with Crippen LogP contribution in [-0.2, 0) is 0 Å². The molecule has 5 heterocycles. The fourth-order valence-corrected chi connectivity index (χ4v) is 16.8. The van der Waals surface area contributed by atoms with Gasteiger partial charge in [-0.25, -0.2) is 9.97 Å². The van der Waals surface area contributed by atoms with Gasteiger partial charge in [0.25, 0.3) is 0 Å². The molecule has 69 heavy (non-hydrogen) atoms. The summed E-state index contributed by atoms with van der Waals surface area (Å²) in [5.41, 5.74) is 10.6. The summed E-state index contributed by atoms with van der Waals surface area (Å²) in [7, 11) is -3.02. The lowest BCUT2D eigenvalue weighted by atomic mass is 10.0. The molecule has 0 aliphatic heterocycles. The minimum Gasteiger partial charge on any atom is -0.278 e. The summed E-state index contributed by atoms with van der Waals surface area (Å²) < 4.78 is 9.56. The van der Waals surface area contributed by atoms with Crippen LogP contribution in [0.4, 0.5) is 0 Å². The standard InChI is InChI=1S/C62H40N6Si/c1-4-21-42(22-5-1)69(43-23-6-2-7-24-43,44-25-8-3-9-26-44)58-38-20-37-56-59(58)64-62-67(56)57-40-41(65-54-35-18-19-36-55(54)66-53-34-17-15-32-51(53)63-61(65)66)39-50-48-30-13-11-28-46(48)45-27-10-12-29-47(45)49-31-14-16-33-52(49)68(62)60(50)57/h1-40H. The topological polar surface area (TPSA) is 43.9 Å². The molecule has 0 N–H and O–H groups in total. The van der Waals surface area contributed by atoms with Crippen LogP contribution in [-0.4, -0.2) is 35.8 Å². The molecule has 5 aromatic heterocycles. The van der Waals surface area contributed by atoms with Gasteiger partial charge in [-0.15, -0.1) is 0 Å². The van der Waals surface area contributed by atoms with Gasteiger partial charge in [0.05, 0.1) is 55.3 Å². The van der Waals surface area contributed by atoms with Crippen molar-refractivity contribution in [2.75, 3.05) is 0 Å². The third kappa shape index (κ3) is 5.19. The van der Waals surface area contributed by atoms with E-state index < -0.39 is 8.07 Å². The average Bonchev–Trinajstić information content (AvgIpc) is 4.17. The highest BCUT2D eigenvalue weighted by Crippen LogP contribution is 2.40.